The Morgan fingerprint density at radius 1 is 1.22 bits per heavy atom. The molecule has 1 rings (SSSR count). The summed E-state index contributed by atoms with van der Waals surface area (Å²) in [5, 5.41) is 3.50. The number of nitrogens with one attached hydrogen (secondary N) is 1. The average Bonchev–Trinajstić information content (AvgIpc) is 2.40. The molecule has 1 heteroatoms. The van der Waals surface area contributed by atoms with Gasteiger partial charge in [-0.15, -0.1) is 0 Å². The summed E-state index contributed by atoms with van der Waals surface area (Å²) in [4.78, 5) is 0. The van der Waals surface area contributed by atoms with Crippen LogP contribution in [0.5, 0.6) is 0 Å². The first-order valence-electron chi connectivity index (χ1n) is 3.96. The molecule has 1 aliphatic carbocycles. The van der Waals surface area contributed by atoms with Gasteiger partial charge in [0, 0.05) is 12.1 Å². The summed E-state index contributed by atoms with van der Waals surface area (Å²) in [5.74, 6) is 0.993. The van der Waals surface area contributed by atoms with Crippen LogP contribution in [0, 0.1) is 5.92 Å². The largest absolute Gasteiger partial charge is 0.312 e. The highest BCUT2D eigenvalue weighted by Crippen LogP contribution is 2.32. The van der Waals surface area contributed by atoms with Crippen LogP contribution in [0.15, 0.2) is 0 Å². The van der Waals surface area contributed by atoms with Crippen molar-refractivity contribution >= 4 is 0 Å². The Balaban J connectivity index is 2.10. The predicted molar refractivity (Wildman–Crippen MR) is 40.5 cm³/mol. The first-order valence-corrected chi connectivity index (χ1v) is 3.96. The van der Waals surface area contributed by atoms with Gasteiger partial charge < -0.3 is 5.32 Å². The van der Waals surface area contributed by atoms with Gasteiger partial charge in [-0.05, 0) is 25.7 Å². The topological polar surface area (TPSA) is 12.0 Å². The third-order valence-electron chi connectivity index (χ3n) is 1.93. The Morgan fingerprint density at radius 2 is 1.78 bits per heavy atom. The second kappa shape index (κ2) is 2.70. The van der Waals surface area contributed by atoms with Gasteiger partial charge in [-0.1, -0.05) is 13.8 Å². The summed E-state index contributed by atoms with van der Waals surface area (Å²) in [6.07, 6.45) is 2.89. The number of rotatable bonds is 3. The lowest BCUT2D eigenvalue weighted by molar-refractivity contribution is 0.450. The van der Waals surface area contributed by atoms with Gasteiger partial charge in [0.25, 0.3) is 0 Å². The maximum absolute atomic E-state index is 3.50. The zero-order chi connectivity index (χ0) is 6.85. The maximum Gasteiger partial charge on any atom is 0.00693 e. The number of hydrogen-bond acceptors (Lipinski definition) is 1. The summed E-state index contributed by atoms with van der Waals surface area (Å²) >= 11 is 0. The van der Waals surface area contributed by atoms with E-state index in [4.69, 9.17) is 0 Å². The molecular formula is C8H17N. The second-order valence-corrected chi connectivity index (χ2v) is 3.45. The molecule has 0 aliphatic heterocycles. The molecule has 0 heterocycles. The van der Waals surface area contributed by atoms with E-state index < -0.39 is 0 Å². The average molecular weight is 127 g/mol. The van der Waals surface area contributed by atoms with Crippen molar-refractivity contribution in [2.45, 2.75) is 45.7 Å². The van der Waals surface area contributed by atoms with Crippen LogP contribution in [0.2, 0.25) is 0 Å². The van der Waals surface area contributed by atoms with E-state index in [-0.39, 0.29) is 0 Å². The minimum atomic E-state index is 0.653. The fraction of sp³-hybridized carbons (Fsp3) is 1.00. The van der Waals surface area contributed by atoms with Crippen LogP contribution < -0.4 is 5.32 Å². The smallest absolute Gasteiger partial charge is 0.00693 e. The Hall–Kier alpha value is -0.0400. The van der Waals surface area contributed by atoms with Gasteiger partial charge in [0.1, 0.15) is 0 Å². The molecule has 0 saturated heterocycles. The van der Waals surface area contributed by atoms with Gasteiger partial charge in [-0.3, -0.25) is 0 Å². The second-order valence-electron chi connectivity index (χ2n) is 3.45. The Kier molecular flexibility index (Phi) is 2.12. The highest BCUT2D eigenvalue weighted by molar-refractivity contribution is 4.83. The SMILES string of the molecule is CC(C)NC(C)C1CC1. The van der Waals surface area contributed by atoms with Gasteiger partial charge in [0.05, 0.1) is 0 Å². The summed E-state index contributed by atoms with van der Waals surface area (Å²) in [7, 11) is 0. The zero-order valence-electron chi connectivity index (χ0n) is 6.65. The summed E-state index contributed by atoms with van der Waals surface area (Å²) < 4.78 is 0. The van der Waals surface area contributed by atoms with E-state index in [1.54, 1.807) is 0 Å². The van der Waals surface area contributed by atoms with Crippen LogP contribution >= 0.6 is 0 Å². The fourth-order valence-electron chi connectivity index (χ4n) is 1.26. The van der Waals surface area contributed by atoms with Crippen LogP contribution in [-0.2, 0) is 0 Å². The van der Waals surface area contributed by atoms with Gasteiger partial charge >= 0.3 is 0 Å². The van der Waals surface area contributed by atoms with Gasteiger partial charge in [-0.2, -0.15) is 0 Å². The zero-order valence-corrected chi connectivity index (χ0v) is 6.65. The highest BCUT2D eigenvalue weighted by atomic mass is 14.9. The molecule has 0 radical (unpaired) electrons. The third-order valence-corrected chi connectivity index (χ3v) is 1.93. The molecule has 54 valence electrons. The maximum atomic E-state index is 3.50. The van der Waals surface area contributed by atoms with Crippen molar-refractivity contribution in [1.82, 2.24) is 5.32 Å². The third kappa shape index (κ3) is 2.35. The van der Waals surface area contributed by atoms with Crippen LogP contribution in [0.3, 0.4) is 0 Å². The molecule has 1 fully saturated rings. The van der Waals surface area contributed by atoms with E-state index >= 15 is 0 Å². The van der Waals surface area contributed by atoms with Crippen LogP contribution in [0.1, 0.15) is 33.6 Å². The summed E-state index contributed by atoms with van der Waals surface area (Å²) in [6.45, 7) is 6.70. The van der Waals surface area contributed by atoms with Crippen molar-refractivity contribution in [3.05, 3.63) is 0 Å². The molecule has 9 heavy (non-hydrogen) atoms. The van der Waals surface area contributed by atoms with E-state index in [2.05, 4.69) is 26.1 Å². The van der Waals surface area contributed by atoms with Crippen molar-refractivity contribution in [2.75, 3.05) is 0 Å². The molecule has 0 bridgehead atoms. The fourth-order valence-corrected chi connectivity index (χ4v) is 1.26. The summed E-state index contributed by atoms with van der Waals surface area (Å²) in [5.41, 5.74) is 0. The Bertz CT molecular complexity index is 84.6. The van der Waals surface area contributed by atoms with E-state index in [0.717, 1.165) is 12.0 Å². The van der Waals surface area contributed by atoms with Crippen molar-refractivity contribution in [1.29, 1.82) is 0 Å². The first kappa shape index (κ1) is 7.07. The lowest BCUT2D eigenvalue weighted by atomic mass is 10.2. The molecule has 0 aromatic carbocycles. The van der Waals surface area contributed by atoms with Crippen LogP contribution in [0.4, 0.5) is 0 Å². The number of hydrogen-bond donors (Lipinski definition) is 1. The standard InChI is InChI=1S/C8H17N/c1-6(2)9-7(3)8-4-5-8/h6-9H,4-5H2,1-3H3. The molecule has 0 spiro atoms. The monoisotopic (exact) mass is 127 g/mol. The van der Waals surface area contributed by atoms with Gasteiger partial charge in [0.2, 0.25) is 0 Å². The Labute approximate surface area is 57.8 Å². The molecule has 0 aromatic rings. The lowest BCUT2D eigenvalue weighted by Crippen LogP contribution is -2.33. The molecule has 1 N–H and O–H groups in total. The van der Waals surface area contributed by atoms with Gasteiger partial charge in [0.15, 0.2) is 0 Å². The summed E-state index contributed by atoms with van der Waals surface area (Å²) in [6, 6.07) is 1.41. The van der Waals surface area contributed by atoms with Crippen LogP contribution in [-0.4, -0.2) is 12.1 Å². The van der Waals surface area contributed by atoms with E-state index in [9.17, 15) is 0 Å². The quantitative estimate of drug-likeness (QED) is 0.609. The van der Waals surface area contributed by atoms with Crippen molar-refractivity contribution < 1.29 is 0 Å². The van der Waals surface area contributed by atoms with E-state index in [0.29, 0.717) is 6.04 Å². The molecule has 1 aliphatic rings. The first-order chi connectivity index (χ1) is 4.20. The predicted octanol–water partition coefficient (Wildman–Crippen LogP) is 1.78. The normalized spacial score (nSPS) is 22.7. The van der Waals surface area contributed by atoms with Crippen molar-refractivity contribution in [3.8, 4) is 0 Å². The highest BCUT2D eigenvalue weighted by Gasteiger charge is 2.27. The molecule has 1 atom stereocenters. The molecule has 0 aromatic heterocycles. The molecule has 1 unspecified atom stereocenters. The van der Waals surface area contributed by atoms with Crippen LogP contribution in [0.25, 0.3) is 0 Å². The minimum Gasteiger partial charge on any atom is -0.312 e. The van der Waals surface area contributed by atoms with Gasteiger partial charge in [-0.25, -0.2) is 0 Å². The molecule has 0 amide bonds. The van der Waals surface area contributed by atoms with E-state index in [1.807, 2.05) is 0 Å². The lowest BCUT2D eigenvalue weighted by Gasteiger charge is -2.15. The molecule has 1 saturated carbocycles. The van der Waals surface area contributed by atoms with E-state index in [1.165, 1.54) is 12.8 Å². The molecular weight excluding hydrogens is 110 g/mol. The minimum absolute atomic E-state index is 0.653. The molecule has 1 nitrogen and oxygen atoms in total. The Morgan fingerprint density at radius 3 is 2.11 bits per heavy atom. The van der Waals surface area contributed by atoms with Crippen molar-refractivity contribution in [3.63, 3.8) is 0 Å². The van der Waals surface area contributed by atoms with Crippen molar-refractivity contribution in [2.24, 2.45) is 5.92 Å².